The number of anilines is 1. The molecule has 9 heteroatoms. The summed E-state index contributed by atoms with van der Waals surface area (Å²) in [5, 5.41) is 4.19. The van der Waals surface area contributed by atoms with Crippen LogP contribution in [0.25, 0.3) is 0 Å². The lowest BCUT2D eigenvalue weighted by Crippen LogP contribution is -2.58. The third-order valence-electron chi connectivity index (χ3n) is 6.31. The van der Waals surface area contributed by atoms with Gasteiger partial charge in [0, 0.05) is 52.6 Å². The van der Waals surface area contributed by atoms with Gasteiger partial charge >= 0.3 is 0 Å². The maximum Gasteiger partial charge on any atom is 0.244 e. The lowest BCUT2D eigenvalue weighted by molar-refractivity contribution is -0.135. The van der Waals surface area contributed by atoms with Gasteiger partial charge in [-0.25, -0.2) is 0 Å². The highest BCUT2D eigenvalue weighted by Gasteiger charge is 2.36. The van der Waals surface area contributed by atoms with Crippen molar-refractivity contribution in [3.63, 3.8) is 0 Å². The van der Waals surface area contributed by atoms with Crippen molar-refractivity contribution in [1.82, 2.24) is 19.6 Å². The van der Waals surface area contributed by atoms with Crippen molar-refractivity contribution in [3.8, 4) is 0 Å². The van der Waals surface area contributed by atoms with Gasteiger partial charge in [-0.3, -0.25) is 19.2 Å². The summed E-state index contributed by atoms with van der Waals surface area (Å²) < 4.78 is 12.9. The van der Waals surface area contributed by atoms with Crippen molar-refractivity contribution in [3.05, 3.63) is 12.4 Å². The summed E-state index contributed by atoms with van der Waals surface area (Å²) >= 11 is 0. The predicted octanol–water partition coefficient (Wildman–Crippen LogP) is 0.645. The Morgan fingerprint density at radius 3 is 2.73 bits per heavy atom. The van der Waals surface area contributed by atoms with Gasteiger partial charge in [-0.2, -0.15) is 5.10 Å². The summed E-state index contributed by atoms with van der Waals surface area (Å²) in [7, 11) is 1.86. The minimum atomic E-state index is -0.106. The van der Waals surface area contributed by atoms with Crippen molar-refractivity contribution in [2.75, 3.05) is 57.4 Å². The number of rotatable bonds is 7. The molecule has 3 saturated heterocycles. The van der Waals surface area contributed by atoms with Crippen molar-refractivity contribution in [1.29, 1.82) is 0 Å². The number of piperazine rings is 1. The number of hydrogen-bond acceptors (Lipinski definition) is 6. The zero-order valence-electron chi connectivity index (χ0n) is 17.9. The molecule has 2 atom stereocenters. The minimum Gasteiger partial charge on any atom is -0.378 e. The molecule has 30 heavy (non-hydrogen) atoms. The number of aromatic nitrogens is 2. The third kappa shape index (κ3) is 5.01. The number of hydrogen-bond donors (Lipinski definition) is 0. The van der Waals surface area contributed by atoms with E-state index in [9.17, 15) is 9.59 Å². The fourth-order valence-electron chi connectivity index (χ4n) is 4.59. The van der Waals surface area contributed by atoms with Gasteiger partial charge in [-0.05, 0) is 25.7 Å². The van der Waals surface area contributed by atoms with Gasteiger partial charge in [0.25, 0.3) is 0 Å². The first-order valence-electron chi connectivity index (χ1n) is 11.1. The average Bonchev–Trinajstić information content (AvgIpc) is 3.43. The van der Waals surface area contributed by atoms with E-state index < -0.39 is 0 Å². The molecule has 0 saturated carbocycles. The second-order valence-electron chi connectivity index (χ2n) is 8.40. The maximum atomic E-state index is 13.1. The number of aryl methyl sites for hydroxylation is 1. The quantitative estimate of drug-likeness (QED) is 0.604. The van der Waals surface area contributed by atoms with Crippen LogP contribution in [0, 0.1) is 0 Å². The number of carbonyl (C=O) groups is 2. The molecule has 0 spiro atoms. The highest BCUT2D eigenvalue weighted by Crippen LogP contribution is 2.24. The molecule has 0 aliphatic carbocycles. The molecule has 4 heterocycles. The molecule has 3 fully saturated rings. The van der Waals surface area contributed by atoms with Crippen LogP contribution in [0.1, 0.15) is 32.1 Å². The van der Waals surface area contributed by atoms with Gasteiger partial charge < -0.3 is 19.3 Å². The number of nitrogens with zero attached hydrogens (tertiary/aromatic N) is 5. The smallest absolute Gasteiger partial charge is 0.244 e. The Hall–Kier alpha value is -1.97. The first-order chi connectivity index (χ1) is 14.6. The van der Waals surface area contributed by atoms with E-state index in [0.717, 1.165) is 57.6 Å². The molecule has 0 N–H and O–H groups in total. The summed E-state index contributed by atoms with van der Waals surface area (Å²) in [6, 6.07) is -0.106. The fraction of sp³-hybridized carbons (Fsp3) is 0.762. The van der Waals surface area contributed by atoms with Gasteiger partial charge in [0.1, 0.15) is 0 Å². The molecular formula is C21H33N5O4. The number of ether oxygens (including phenoxy) is 2. The van der Waals surface area contributed by atoms with E-state index in [-0.39, 0.29) is 24.0 Å². The van der Waals surface area contributed by atoms with Gasteiger partial charge in [0.2, 0.25) is 11.8 Å². The predicted molar refractivity (Wildman–Crippen MR) is 111 cm³/mol. The summed E-state index contributed by atoms with van der Waals surface area (Å²) in [4.78, 5) is 31.6. The average molecular weight is 420 g/mol. The molecule has 9 nitrogen and oxygen atoms in total. The van der Waals surface area contributed by atoms with Crippen LogP contribution in [0.5, 0.6) is 0 Å². The Balaban J connectivity index is 1.20. The van der Waals surface area contributed by atoms with Crippen LogP contribution in [0.15, 0.2) is 12.4 Å². The summed E-state index contributed by atoms with van der Waals surface area (Å²) in [5.41, 5.74) is 0.865. The highest BCUT2D eigenvalue weighted by molar-refractivity contribution is 5.97. The van der Waals surface area contributed by atoms with Crippen LogP contribution >= 0.6 is 0 Å². The normalized spacial score (nSPS) is 25.8. The van der Waals surface area contributed by atoms with Crippen LogP contribution in [0.2, 0.25) is 0 Å². The van der Waals surface area contributed by atoms with Crippen LogP contribution in [-0.4, -0.2) is 96.1 Å². The highest BCUT2D eigenvalue weighted by atomic mass is 16.5. The molecule has 2 amide bonds. The Kier molecular flexibility index (Phi) is 7.01. The molecule has 0 bridgehead atoms. The Morgan fingerprint density at radius 2 is 2.03 bits per heavy atom. The molecule has 1 aromatic rings. The second kappa shape index (κ2) is 9.89. The van der Waals surface area contributed by atoms with E-state index in [1.165, 1.54) is 0 Å². The maximum absolute atomic E-state index is 13.1. The van der Waals surface area contributed by atoms with Gasteiger partial charge in [-0.1, -0.05) is 0 Å². The third-order valence-corrected chi connectivity index (χ3v) is 6.31. The number of carbonyl (C=O) groups excluding carboxylic acids is 2. The number of piperidine rings is 1. The van der Waals surface area contributed by atoms with E-state index in [2.05, 4.69) is 10.00 Å². The Bertz CT molecular complexity index is 725. The first-order valence-corrected chi connectivity index (χ1v) is 11.1. The molecule has 0 radical (unpaired) electrons. The lowest BCUT2D eigenvalue weighted by Gasteiger charge is -2.42. The zero-order valence-corrected chi connectivity index (χ0v) is 17.9. The number of amides is 2. The molecule has 0 unspecified atom stereocenters. The summed E-state index contributed by atoms with van der Waals surface area (Å²) in [5.74, 6) is 0.283. The largest absolute Gasteiger partial charge is 0.378 e. The van der Waals surface area contributed by atoms with E-state index in [4.69, 9.17) is 9.47 Å². The van der Waals surface area contributed by atoms with Crippen LogP contribution in [0.4, 0.5) is 5.69 Å². The molecule has 3 aliphatic rings. The lowest BCUT2D eigenvalue weighted by atomic mass is 10.0. The minimum absolute atomic E-state index is 0.106. The van der Waals surface area contributed by atoms with Crippen molar-refractivity contribution in [2.24, 2.45) is 7.05 Å². The van der Waals surface area contributed by atoms with Crippen LogP contribution < -0.4 is 4.90 Å². The van der Waals surface area contributed by atoms with E-state index in [1.54, 1.807) is 10.9 Å². The molecule has 3 aliphatic heterocycles. The Morgan fingerprint density at radius 1 is 1.20 bits per heavy atom. The monoisotopic (exact) mass is 419 g/mol. The molecule has 0 aromatic carbocycles. The standard InChI is InChI=1S/C21H33N5O4/c1-23-15-17(14-22-23)26-7-2-5-19(21(26)28)24-8-10-25(11-9-24)20(27)6-13-29-16-18-4-3-12-30-18/h14-15,18-19H,2-13,16H2,1H3/t18-,19+/m1/s1. The van der Waals surface area contributed by atoms with Gasteiger partial charge in [0.15, 0.2) is 0 Å². The van der Waals surface area contributed by atoms with Gasteiger partial charge in [-0.15, -0.1) is 0 Å². The van der Waals surface area contributed by atoms with Gasteiger partial charge in [0.05, 0.1) is 43.7 Å². The summed E-state index contributed by atoms with van der Waals surface area (Å²) in [6.45, 7) is 5.40. The van der Waals surface area contributed by atoms with Crippen LogP contribution in [-0.2, 0) is 26.1 Å². The Labute approximate surface area is 177 Å². The van der Waals surface area contributed by atoms with E-state index >= 15 is 0 Å². The molecule has 4 rings (SSSR count). The topological polar surface area (TPSA) is 80.1 Å². The fourth-order valence-corrected chi connectivity index (χ4v) is 4.59. The van der Waals surface area contributed by atoms with E-state index in [1.807, 2.05) is 23.0 Å². The SMILES string of the molecule is Cn1cc(N2CCC[C@H](N3CCN(C(=O)CCOC[C@H]4CCCO4)CC3)C2=O)cn1. The van der Waals surface area contributed by atoms with Crippen LogP contribution in [0.3, 0.4) is 0 Å². The van der Waals surface area contributed by atoms with E-state index in [0.29, 0.717) is 32.7 Å². The summed E-state index contributed by atoms with van der Waals surface area (Å²) in [6.07, 6.45) is 8.24. The molecule has 1 aromatic heterocycles. The van der Waals surface area contributed by atoms with Crippen molar-refractivity contribution >= 4 is 17.5 Å². The van der Waals surface area contributed by atoms with Crippen molar-refractivity contribution < 1.29 is 19.1 Å². The molecular weight excluding hydrogens is 386 g/mol. The zero-order chi connectivity index (χ0) is 20.9. The van der Waals surface area contributed by atoms with Crippen molar-refractivity contribution in [2.45, 2.75) is 44.2 Å². The first kappa shape index (κ1) is 21.3. The second-order valence-corrected chi connectivity index (χ2v) is 8.40. The molecule has 166 valence electrons.